The number of nitriles is 1. The zero-order valence-corrected chi connectivity index (χ0v) is 7.93. The van der Waals surface area contributed by atoms with E-state index in [-0.39, 0.29) is 0 Å². The van der Waals surface area contributed by atoms with Crippen molar-refractivity contribution in [3.05, 3.63) is 35.4 Å². The highest BCUT2D eigenvalue weighted by Gasteiger charge is 2.04. The lowest BCUT2D eigenvalue weighted by Crippen LogP contribution is -1.85. The Morgan fingerprint density at radius 3 is 2.77 bits per heavy atom. The molecule has 0 fully saturated rings. The topological polar surface area (TPSA) is 33.0 Å². The number of nitrogens with zero attached hydrogens (tertiary/aromatic N) is 1. The largest absolute Gasteiger partial charge is 0.497 e. The van der Waals surface area contributed by atoms with Crippen LogP contribution in [0.5, 0.6) is 5.75 Å². The van der Waals surface area contributed by atoms with Crippen molar-refractivity contribution in [2.45, 2.75) is 0 Å². The predicted molar refractivity (Wildman–Crippen MR) is 52.7 cm³/mol. The van der Waals surface area contributed by atoms with E-state index in [2.05, 4.69) is 6.58 Å². The maximum Gasteiger partial charge on any atom is 0.120 e. The van der Waals surface area contributed by atoms with E-state index >= 15 is 0 Å². The molecule has 0 heterocycles. The van der Waals surface area contributed by atoms with E-state index in [1.165, 1.54) is 0 Å². The molecule has 2 nitrogen and oxygen atoms in total. The summed E-state index contributed by atoms with van der Waals surface area (Å²) in [5.41, 5.74) is 0.998. The molecule has 0 aliphatic heterocycles. The van der Waals surface area contributed by atoms with Gasteiger partial charge in [-0.2, -0.15) is 5.26 Å². The van der Waals surface area contributed by atoms with Crippen LogP contribution >= 0.6 is 11.6 Å². The number of hydrogen-bond donors (Lipinski definition) is 0. The monoisotopic (exact) mass is 193 g/mol. The van der Waals surface area contributed by atoms with Gasteiger partial charge in [-0.3, -0.25) is 0 Å². The van der Waals surface area contributed by atoms with Crippen molar-refractivity contribution in [1.82, 2.24) is 0 Å². The summed E-state index contributed by atoms with van der Waals surface area (Å²) >= 11 is 5.89. The number of ether oxygens (including phenoxy) is 1. The van der Waals surface area contributed by atoms with Crippen molar-refractivity contribution in [3.8, 4) is 11.8 Å². The minimum atomic E-state index is 0.354. The number of methoxy groups -OCH3 is 1. The summed E-state index contributed by atoms with van der Waals surface area (Å²) < 4.78 is 4.97. The lowest BCUT2D eigenvalue weighted by molar-refractivity contribution is 0.415. The molecular formula is C10H8ClNO. The summed E-state index contributed by atoms with van der Waals surface area (Å²) in [5.74, 6) is 0.666. The molecule has 0 spiro atoms. The van der Waals surface area contributed by atoms with Crippen molar-refractivity contribution >= 4 is 17.2 Å². The lowest BCUT2D eigenvalue weighted by atomic mass is 10.1. The van der Waals surface area contributed by atoms with Gasteiger partial charge in [-0.15, -0.1) is 0 Å². The molecule has 0 atom stereocenters. The van der Waals surface area contributed by atoms with E-state index in [9.17, 15) is 0 Å². The third-order valence-corrected chi connectivity index (χ3v) is 1.95. The third-order valence-electron chi connectivity index (χ3n) is 1.64. The Hall–Kier alpha value is -1.46. The molecule has 0 aliphatic carbocycles. The second-order valence-electron chi connectivity index (χ2n) is 2.44. The number of halogens is 1. The van der Waals surface area contributed by atoms with Crippen molar-refractivity contribution < 1.29 is 4.74 Å². The van der Waals surface area contributed by atoms with Gasteiger partial charge in [0.15, 0.2) is 0 Å². The minimum Gasteiger partial charge on any atom is -0.497 e. The molecule has 0 saturated carbocycles. The molecule has 0 aromatic heterocycles. The molecule has 3 heteroatoms. The molecular weight excluding hydrogens is 186 g/mol. The Bertz CT molecular complexity index is 379. The molecule has 0 saturated heterocycles. The van der Waals surface area contributed by atoms with Crippen LogP contribution in [0.2, 0.25) is 5.02 Å². The fourth-order valence-corrected chi connectivity index (χ4v) is 1.21. The van der Waals surface area contributed by atoms with Crippen molar-refractivity contribution in [1.29, 1.82) is 5.26 Å². The summed E-state index contributed by atoms with van der Waals surface area (Å²) in [6, 6.07) is 7.05. The molecule has 0 unspecified atom stereocenters. The molecule has 1 aromatic carbocycles. The summed E-state index contributed by atoms with van der Waals surface area (Å²) in [4.78, 5) is 0. The Morgan fingerprint density at radius 2 is 2.31 bits per heavy atom. The van der Waals surface area contributed by atoms with E-state index in [0.717, 1.165) is 0 Å². The molecule has 0 N–H and O–H groups in total. The van der Waals surface area contributed by atoms with E-state index < -0.39 is 0 Å². The predicted octanol–water partition coefficient (Wildman–Crippen LogP) is 2.89. The van der Waals surface area contributed by atoms with Crippen LogP contribution in [0.4, 0.5) is 0 Å². The first kappa shape index (κ1) is 9.63. The van der Waals surface area contributed by atoms with Gasteiger partial charge >= 0.3 is 0 Å². The third kappa shape index (κ3) is 2.01. The van der Waals surface area contributed by atoms with Gasteiger partial charge in [0.25, 0.3) is 0 Å². The van der Waals surface area contributed by atoms with Crippen LogP contribution in [0.15, 0.2) is 24.8 Å². The highest BCUT2D eigenvalue weighted by molar-refractivity contribution is 6.32. The highest BCUT2D eigenvalue weighted by Crippen LogP contribution is 2.26. The molecule has 0 radical (unpaired) electrons. The Labute approximate surface area is 82.0 Å². The van der Waals surface area contributed by atoms with Crippen LogP contribution in [0.25, 0.3) is 5.57 Å². The average Bonchev–Trinajstić information content (AvgIpc) is 2.16. The van der Waals surface area contributed by atoms with Crippen molar-refractivity contribution in [3.63, 3.8) is 0 Å². The van der Waals surface area contributed by atoms with Crippen LogP contribution in [-0.4, -0.2) is 7.11 Å². The fourth-order valence-electron chi connectivity index (χ4n) is 0.928. The summed E-state index contributed by atoms with van der Waals surface area (Å²) in [7, 11) is 1.56. The fraction of sp³-hybridized carbons (Fsp3) is 0.100. The highest BCUT2D eigenvalue weighted by atomic mass is 35.5. The van der Waals surface area contributed by atoms with Crippen molar-refractivity contribution in [2.75, 3.05) is 7.11 Å². The quantitative estimate of drug-likeness (QED) is 0.677. The molecule has 0 amide bonds. The number of rotatable bonds is 2. The molecule has 13 heavy (non-hydrogen) atoms. The molecule has 1 aromatic rings. The van der Waals surface area contributed by atoms with Crippen LogP contribution in [0, 0.1) is 11.3 Å². The van der Waals surface area contributed by atoms with Gasteiger partial charge in [-0.1, -0.05) is 18.2 Å². The SMILES string of the molecule is C=C(C#N)c1ccc(OC)cc1Cl. The molecule has 1 rings (SSSR count). The first-order valence-corrected chi connectivity index (χ1v) is 3.99. The Morgan fingerprint density at radius 1 is 1.62 bits per heavy atom. The van der Waals surface area contributed by atoms with Gasteiger partial charge in [0.05, 0.1) is 23.8 Å². The second-order valence-corrected chi connectivity index (χ2v) is 2.84. The van der Waals surface area contributed by atoms with Gasteiger partial charge in [-0.25, -0.2) is 0 Å². The van der Waals surface area contributed by atoms with Gasteiger partial charge in [0.2, 0.25) is 0 Å². The Balaban J connectivity index is 3.14. The lowest BCUT2D eigenvalue weighted by Gasteiger charge is -2.03. The van der Waals surface area contributed by atoms with Crippen LogP contribution in [0.1, 0.15) is 5.56 Å². The zero-order chi connectivity index (χ0) is 9.84. The number of hydrogen-bond acceptors (Lipinski definition) is 2. The van der Waals surface area contributed by atoms with Gasteiger partial charge < -0.3 is 4.74 Å². The molecule has 0 aliphatic rings. The van der Waals surface area contributed by atoms with Gasteiger partial charge in [0.1, 0.15) is 5.75 Å². The van der Waals surface area contributed by atoms with E-state index in [1.807, 2.05) is 6.07 Å². The van der Waals surface area contributed by atoms with Crippen LogP contribution in [-0.2, 0) is 0 Å². The number of benzene rings is 1. The first-order chi connectivity index (χ1) is 6.19. The summed E-state index contributed by atoms with van der Waals surface area (Å²) in [5, 5.41) is 9.08. The average molecular weight is 194 g/mol. The van der Waals surface area contributed by atoms with Crippen LogP contribution < -0.4 is 4.74 Å². The van der Waals surface area contributed by atoms with E-state index in [0.29, 0.717) is 21.9 Å². The normalized spacial score (nSPS) is 9.00. The molecule has 66 valence electrons. The maximum absolute atomic E-state index is 8.60. The minimum absolute atomic E-state index is 0.354. The first-order valence-electron chi connectivity index (χ1n) is 3.62. The van der Waals surface area contributed by atoms with E-state index in [4.69, 9.17) is 21.6 Å². The maximum atomic E-state index is 8.60. The molecule has 0 bridgehead atoms. The summed E-state index contributed by atoms with van der Waals surface area (Å²) in [6.45, 7) is 3.57. The second kappa shape index (κ2) is 3.97. The van der Waals surface area contributed by atoms with Gasteiger partial charge in [0, 0.05) is 5.56 Å². The van der Waals surface area contributed by atoms with Crippen molar-refractivity contribution in [2.24, 2.45) is 0 Å². The summed E-state index contributed by atoms with van der Waals surface area (Å²) in [6.07, 6.45) is 0. The van der Waals surface area contributed by atoms with Gasteiger partial charge in [-0.05, 0) is 18.2 Å². The van der Waals surface area contributed by atoms with E-state index in [1.54, 1.807) is 25.3 Å². The Kier molecular flexibility index (Phi) is 2.94. The number of allylic oxidation sites excluding steroid dienone is 1. The zero-order valence-electron chi connectivity index (χ0n) is 7.17. The smallest absolute Gasteiger partial charge is 0.120 e. The standard InChI is InChI=1S/C10H8ClNO/c1-7(6-12)9-4-3-8(13-2)5-10(9)11/h3-5H,1H2,2H3. The van der Waals surface area contributed by atoms with Crippen LogP contribution in [0.3, 0.4) is 0 Å².